The Balaban J connectivity index is 2.93. The number of nitro groups is 1. The van der Waals surface area contributed by atoms with E-state index in [-0.39, 0.29) is 11.2 Å². The highest BCUT2D eigenvalue weighted by atomic mass is 16.6. The minimum absolute atomic E-state index is 0.153. The second kappa shape index (κ2) is 5.10. The molecule has 0 saturated heterocycles. The fourth-order valence-electron chi connectivity index (χ4n) is 2.02. The van der Waals surface area contributed by atoms with Gasteiger partial charge in [0.2, 0.25) is 5.52 Å². The van der Waals surface area contributed by atoms with Crippen LogP contribution in [-0.4, -0.2) is 46.5 Å². The molecule has 0 bridgehead atoms. The first-order valence-corrected chi connectivity index (χ1v) is 5.89. The molecule has 2 N–H and O–H groups in total. The van der Waals surface area contributed by atoms with Gasteiger partial charge in [0.05, 0.1) is 6.61 Å². The van der Waals surface area contributed by atoms with Crippen LogP contribution in [0.15, 0.2) is 9.59 Å². The van der Waals surface area contributed by atoms with Gasteiger partial charge in [-0.15, -0.1) is 0 Å². The smallest absolute Gasteiger partial charge is 0.394 e. The molecule has 21 heavy (non-hydrogen) atoms. The molecule has 0 aromatic carbocycles. The largest absolute Gasteiger partial charge is 0.437 e. The summed E-state index contributed by atoms with van der Waals surface area (Å²) in [6, 6.07) is 0. The monoisotopic (exact) mass is 299 g/mol. The van der Waals surface area contributed by atoms with Crippen LogP contribution in [-0.2, 0) is 20.6 Å². The Morgan fingerprint density at radius 2 is 1.95 bits per heavy atom. The van der Waals surface area contributed by atoms with Gasteiger partial charge in [-0.05, 0) is 9.91 Å². The van der Waals surface area contributed by atoms with Crippen molar-refractivity contribution < 1.29 is 15.1 Å². The first-order chi connectivity index (χ1) is 9.79. The number of fused-ring (bicyclic) bond motifs is 1. The second-order valence-corrected chi connectivity index (χ2v) is 4.49. The summed E-state index contributed by atoms with van der Waals surface area (Å²) >= 11 is 0. The van der Waals surface area contributed by atoms with Crippen LogP contribution < -0.4 is 11.2 Å². The van der Waals surface area contributed by atoms with Crippen molar-refractivity contribution >= 4 is 17.1 Å². The third-order valence-electron chi connectivity index (χ3n) is 3.10. The molecule has 0 aliphatic heterocycles. The van der Waals surface area contributed by atoms with Gasteiger partial charge in [0.1, 0.15) is 12.6 Å². The molecule has 0 fully saturated rings. The fourth-order valence-corrected chi connectivity index (χ4v) is 2.02. The van der Waals surface area contributed by atoms with Crippen LogP contribution in [0.4, 0.5) is 5.95 Å². The molecule has 2 aromatic heterocycles. The summed E-state index contributed by atoms with van der Waals surface area (Å²) in [7, 11) is 2.56. The maximum absolute atomic E-state index is 12.1. The first-order valence-electron chi connectivity index (χ1n) is 5.89. The van der Waals surface area contributed by atoms with Crippen molar-refractivity contribution in [1.82, 2.24) is 18.7 Å². The standard InChI is InChI=1S/C10H13N5O6/c1-12-7-6(8(18)13(2)10(12)19)14(3-5(17)4-16)9(11-7)15(20)21/h5,16-17H,3-4H2,1-2H3. The van der Waals surface area contributed by atoms with E-state index < -0.39 is 41.4 Å². The Bertz CT molecular complexity index is 831. The van der Waals surface area contributed by atoms with Crippen LogP contribution in [0.5, 0.6) is 0 Å². The van der Waals surface area contributed by atoms with Gasteiger partial charge < -0.3 is 20.3 Å². The van der Waals surface area contributed by atoms with E-state index >= 15 is 0 Å². The minimum Gasteiger partial charge on any atom is -0.394 e. The van der Waals surface area contributed by atoms with Crippen molar-refractivity contribution in [2.45, 2.75) is 12.6 Å². The lowest BCUT2D eigenvalue weighted by Gasteiger charge is -2.07. The van der Waals surface area contributed by atoms with Crippen molar-refractivity contribution in [3.63, 3.8) is 0 Å². The van der Waals surface area contributed by atoms with Crippen LogP contribution in [0.25, 0.3) is 11.2 Å². The van der Waals surface area contributed by atoms with E-state index in [4.69, 9.17) is 5.11 Å². The molecule has 0 saturated carbocycles. The number of aliphatic hydroxyl groups is 2. The van der Waals surface area contributed by atoms with Crippen LogP contribution in [0.3, 0.4) is 0 Å². The van der Waals surface area contributed by atoms with Crippen molar-refractivity contribution in [3.8, 4) is 0 Å². The molecule has 0 aliphatic carbocycles. The van der Waals surface area contributed by atoms with Crippen molar-refractivity contribution in [3.05, 3.63) is 31.0 Å². The summed E-state index contributed by atoms with van der Waals surface area (Å²) in [4.78, 5) is 37.8. The second-order valence-electron chi connectivity index (χ2n) is 4.49. The summed E-state index contributed by atoms with van der Waals surface area (Å²) in [5, 5.41) is 29.4. The summed E-state index contributed by atoms with van der Waals surface area (Å²) in [6.45, 7) is -1.03. The van der Waals surface area contributed by atoms with Gasteiger partial charge in [0.15, 0.2) is 0 Å². The van der Waals surface area contributed by atoms with Crippen molar-refractivity contribution in [2.75, 3.05) is 6.61 Å². The van der Waals surface area contributed by atoms with E-state index in [2.05, 4.69) is 4.98 Å². The number of imidazole rings is 1. The van der Waals surface area contributed by atoms with Gasteiger partial charge >= 0.3 is 11.6 Å². The van der Waals surface area contributed by atoms with E-state index in [1.165, 1.54) is 14.1 Å². The van der Waals surface area contributed by atoms with Crippen LogP contribution in [0.1, 0.15) is 0 Å². The third kappa shape index (κ3) is 2.21. The highest BCUT2D eigenvalue weighted by Gasteiger charge is 2.29. The first kappa shape index (κ1) is 14.9. The normalized spacial score (nSPS) is 12.8. The Hall–Kier alpha value is -2.53. The zero-order valence-electron chi connectivity index (χ0n) is 11.3. The zero-order chi connectivity index (χ0) is 15.9. The zero-order valence-corrected chi connectivity index (χ0v) is 11.3. The van der Waals surface area contributed by atoms with Crippen LogP contribution >= 0.6 is 0 Å². The van der Waals surface area contributed by atoms with Crippen LogP contribution in [0, 0.1) is 10.1 Å². The average molecular weight is 299 g/mol. The molecular weight excluding hydrogens is 286 g/mol. The number of hydrogen-bond donors (Lipinski definition) is 2. The highest BCUT2D eigenvalue weighted by Crippen LogP contribution is 2.17. The van der Waals surface area contributed by atoms with E-state index in [0.29, 0.717) is 0 Å². The van der Waals surface area contributed by atoms with Gasteiger partial charge in [-0.2, -0.15) is 0 Å². The number of hydrogen-bond acceptors (Lipinski definition) is 7. The Morgan fingerprint density at radius 3 is 2.48 bits per heavy atom. The minimum atomic E-state index is -1.30. The predicted molar refractivity (Wildman–Crippen MR) is 70.0 cm³/mol. The predicted octanol–water partition coefficient (Wildman–Crippen LogP) is -2.30. The maximum Gasteiger partial charge on any atom is 0.437 e. The van der Waals surface area contributed by atoms with Crippen molar-refractivity contribution in [2.24, 2.45) is 14.1 Å². The molecule has 2 rings (SSSR count). The molecule has 1 unspecified atom stereocenters. The van der Waals surface area contributed by atoms with Gasteiger partial charge in [0, 0.05) is 14.1 Å². The molecule has 0 amide bonds. The Morgan fingerprint density at radius 1 is 1.33 bits per heavy atom. The summed E-state index contributed by atoms with van der Waals surface area (Å²) < 4.78 is 2.68. The van der Waals surface area contributed by atoms with Gasteiger partial charge in [-0.3, -0.25) is 13.9 Å². The molecule has 0 spiro atoms. The molecule has 0 radical (unpaired) electrons. The Labute approximate surface area is 116 Å². The van der Waals surface area contributed by atoms with Gasteiger partial charge in [-0.1, -0.05) is 0 Å². The number of aryl methyl sites for hydroxylation is 1. The van der Waals surface area contributed by atoms with Crippen molar-refractivity contribution in [1.29, 1.82) is 0 Å². The van der Waals surface area contributed by atoms with E-state index in [1.807, 2.05) is 0 Å². The third-order valence-corrected chi connectivity index (χ3v) is 3.10. The molecule has 2 aromatic rings. The number of rotatable bonds is 4. The number of nitrogens with zero attached hydrogens (tertiary/aromatic N) is 5. The number of aliphatic hydroxyl groups excluding tert-OH is 2. The van der Waals surface area contributed by atoms with Gasteiger partial charge in [-0.25, -0.2) is 9.36 Å². The van der Waals surface area contributed by atoms with E-state index in [9.17, 15) is 24.8 Å². The maximum atomic E-state index is 12.1. The fraction of sp³-hybridized carbons (Fsp3) is 0.500. The molecule has 114 valence electrons. The summed E-state index contributed by atoms with van der Waals surface area (Å²) in [6.07, 6.45) is -1.30. The van der Waals surface area contributed by atoms with Crippen LogP contribution in [0.2, 0.25) is 0 Å². The lowest BCUT2D eigenvalue weighted by molar-refractivity contribution is -0.396. The molecule has 0 aliphatic rings. The van der Waals surface area contributed by atoms with E-state index in [1.54, 1.807) is 0 Å². The lowest BCUT2D eigenvalue weighted by atomic mass is 10.3. The molecule has 1 atom stereocenters. The molecule has 11 heteroatoms. The van der Waals surface area contributed by atoms with E-state index in [0.717, 1.165) is 13.7 Å². The topological polar surface area (TPSA) is 145 Å². The summed E-state index contributed by atoms with van der Waals surface area (Å²) in [5.74, 6) is -0.684. The van der Waals surface area contributed by atoms with Gasteiger partial charge in [0.25, 0.3) is 11.2 Å². The molecule has 2 heterocycles. The molecule has 11 nitrogen and oxygen atoms in total. The lowest BCUT2D eigenvalue weighted by Crippen LogP contribution is -2.38. The Kier molecular flexibility index (Phi) is 3.61. The average Bonchev–Trinajstić information content (AvgIpc) is 2.82. The summed E-state index contributed by atoms with van der Waals surface area (Å²) in [5.41, 5.74) is -1.77. The number of aromatic nitrogens is 4. The molecular formula is C10H13N5O6. The SMILES string of the molecule is Cn1c(=O)c2c(nc([N+](=O)[O-])n2CC(O)CO)n(C)c1=O. The highest BCUT2D eigenvalue weighted by molar-refractivity contribution is 5.72. The quantitative estimate of drug-likeness (QED) is 0.476.